The van der Waals surface area contributed by atoms with Crippen molar-refractivity contribution in [3.05, 3.63) is 28.8 Å². The van der Waals surface area contributed by atoms with Gasteiger partial charge in [0.2, 0.25) is 10.0 Å². The number of sulfonamides is 1. The smallest absolute Gasteiger partial charge is 0.244 e. The highest BCUT2D eigenvalue weighted by molar-refractivity contribution is 7.89. The topological polar surface area (TPSA) is 87.2 Å². The van der Waals surface area contributed by atoms with Gasteiger partial charge in [0.05, 0.1) is 16.7 Å². The van der Waals surface area contributed by atoms with Gasteiger partial charge in [-0.25, -0.2) is 8.42 Å². The predicted octanol–water partition coefficient (Wildman–Crippen LogP) is 1.18. The normalized spacial score (nSPS) is 13.3. The molecule has 0 saturated carbocycles. The lowest BCUT2D eigenvalue weighted by Gasteiger charge is -2.23. The average molecular weight is 288 g/mol. The van der Waals surface area contributed by atoms with E-state index in [9.17, 15) is 8.42 Å². The van der Waals surface area contributed by atoms with Crippen LogP contribution in [-0.4, -0.2) is 32.4 Å². The molecule has 0 saturated heterocycles. The molecule has 0 heterocycles. The summed E-state index contributed by atoms with van der Waals surface area (Å²) in [6.45, 7) is 1.92. The lowest BCUT2D eigenvalue weighted by Crippen LogP contribution is -2.39. The maximum absolute atomic E-state index is 12.3. The van der Waals surface area contributed by atoms with Crippen molar-refractivity contribution in [2.75, 3.05) is 13.6 Å². The molecule has 1 aromatic carbocycles. The van der Waals surface area contributed by atoms with Gasteiger partial charge < -0.3 is 5.73 Å². The zero-order valence-electron chi connectivity index (χ0n) is 10.1. The van der Waals surface area contributed by atoms with Crippen LogP contribution in [0.15, 0.2) is 23.1 Å². The predicted molar refractivity (Wildman–Crippen MR) is 69.6 cm³/mol. The van der Waals surface area contributed by atoms with Gasteiger partial charge in [0.1, 0.15) is 4.90 Å². The third-order valence-corrected chi connectivity index (χ3v) is 5.13. The molecule has 0 aliphatic rings. The summed E-state index contributed by atoms with van der Waals surface area (Å²) in [5.41, 5.74) is 5.76. The second-order valence-corrected chi connectivity index (χ2v) is 6.24. The maximum Gasteiger partial charge on any atom is 0.244 e. The van der Waals surface area contributed by atoms with Crippen LogP contribution in [0.25, 0.3) is 0 Å². The van der Waals surface area contributed by atoms with Gasteiger partial charge in [-0.15, -0.1) is 0 Å². The van der Waals surface area contributed by atoms with Crippen LogP contribution in [0, 0.1) is 11.3 Å². The number of hydrogen-bond acceptors (Lipinski definition) is 4. The van der Waals surface area contributed by atoms with Crippen LogP contribution in [-0.2, 0) is 10.0 Å². The van der Waals surface area contributed by atoms with E-state index in [1.165, 1.54) is 29.6 Å². The number of nitrogens with two attached hydrogens (primary N) is 1. The van der Waals surface area contributed by atoms with Crippen molar-refractivity contribution in [3.8, 4) is 6.07 Å². The third-order valence-electron chi connectivity index (χ3n) is 2.68. The van der Waals surface area contributed by atoms with Crippen LogP contribution >= 0.6 is 11.6 Å². The van der Waals surface area contributed by atoms with Crippen LogP contribution < -0.4 is 5.73 Å². The number of likely N-dealkylation sites (N-methyl/N-ethyl adjacent to an activating group) is 1. The number of hydrogen-bond donors (Lipinski definition) is 1. The summed E-state index contributed by atoms with van der Waals surface area (Å²) in [6, 6.07) is 5.64. The summed E-state index contributed by atoms with van der Waals surface area (Å²) in [5.74, 6) is 0. The summed E-state index contributed by atoms with van der Waals surface area (Å²) in [7, 11) is -2.25. The molecule has 2 N–H and O–H groups in total. The van der Waals surface area contributed by atoms with E-state index in [4.69, 9.17) is 22.6 Å². The van der Waals surface area contributed by atoms with Crippen molar-refractivity contribution in [1.82, 2.24) is 4.31 Å². The molecule has 0 bridgehead atoms. The summed E-state index contributed by atoms with van der Waals surface area (Å²) in [6.07, 6.45) is 0. The highest BCUT2D eigenvalue weighted by Gasteiger charge is 2.26. The summed E-state index contributed by atoms with van der Waals surface area (Å²) < 4.78 is 25.7. The van der Waals surface area contributed by atoms with Crippen LogP contribution in [0.2, 0.25) is 5.02 Å². The Morgan fingerprint density at radius 3 is 2.61 bits per heavy atom. The number of nitriles is 1. The SMILES string of the molecule is CC(CN)N(C)S(=O)(=O)c1ccc(C#N)cc1Cl. The minimum Gasteiger partial charge on any atom is -0.329 e. The standard InChI is InChI=1S/C11H14ClN3O2S/c1-8(6-13)15(2)18(16,17)11-4-3-9(7-14)5-10(11)12/h3-5,8H,6,13H2,1-2H3. The lowest BCUT2D eigenvalue weighted by molar-refractivity contribution is 0.394. The molecule has 0 aliphatic carbocycles. The Balaban J connectivity index is 3.26. The van der Waals surface area contributed by atoms with Crippen molar-refractivity contribution >= 4 is 21.6 Å². The van der Waals surface area contributed by atoms with Gasteiger partial charge in [0.25, 0.3) is 0 Å². The van der Waals surface area contributed by atoms with Gasteiger partial charge in [0, 0.05) is 19.6 Å². The fourth-order valence-corrected chi connectivity index (χ4v) is 3.21. The number of rotatable bonds is 4. The molecule has 5 nitrogen and oxygen atoms in total. The van der Waals surface area contributed by atoms with Gasteiger partial charge >= 0.3 is 0 Å². The second kappa shape index (κ2) is 5.67. The number of nitrogens with zero attached hydrogens (tertiary/aromatic N) is 2. The van der Waals surface area contributed by atoms with E-state index in [-0.39, 0.29) is 22.5 Å². The molecule has 0 fully saturated rings. The Bertz CT molecular complexity index is 580. The Morgan fingerprint density at radius 2 is 2.17 bits per heavy atom. The molecule has 1 atom stereocenters. The van der Waals surface area contributed by atoms with E-state index in [0.717, 1.165) is 0 Å². The Morgan fingerprint density at radius 1 is 1.56 bits per heavy atom. The maximum atomic E-state index is 12.3. The van der Waals surface area contributed by atoms with Crippen molar-refractivity contribution in [2.24, 2.45) is 5.73 Å². The summed E-state index contributed by atoms with van der Waals surface area (Å²) in [4.78, 5) is -0.0223. The van der Waals surface area contributed by atoms with Crippen LogP contribution in [0.5, 0.6) is 0 Å². The van der Waals surface area contributed by atoms with E-state index in [0.29, 0.717) is 5.56 Å². The average Bonchev–Trinajstić information content (AvgIpc) is 2.36. The van der Waals surface area contributed by atoms with Crippen molar-refractivity contribution < 1.29 is 8.42 Å². The van der Waals surface area contributed by atoms with E-state index in [2.05, 4.69) is 0 Å². The van der Waals surface area contributed by atoms with Gasteiger partial charge in [-0.1, -0.05) is 11.6 Å². The first-order chi connectivity index (χ1) is 8.34. The van der Waals surface area contributed by atoms with Gasteiger partial charge in [0.15, 0.2) is 0 Å². The molecular weight excluding hydrogens is 274 g/mol. The molecule has 0 aromatic heterocycles. The fraction of sp³-hybridized carbons (Fsp3) is 0.364. The van der Waals surface area contributed by atoms with E-state index < -0.39 is 10.0 Å². The third kappa shape index (κ3) is 2.82. The van der Waals surface area contributed by atoms with Crippen LogP contribution in [0.4, 0.5) is 0 Å². The monoisotopic (exact) mass is 287 g/mol. The molecule has 0 aliphatic heterocycles. The minimum atomic E-state index is -3.69. The second-order valence-electron chi connectivity index (χ2n) is 3.86. The molecule has 1 rings (SSSR count). The zero-order chi connectivity index (χ0) is 13.9. The van der Waals surface area contributed by atoms with Gasteiger partial charge in [-0.05, 0) is 25.1 Å². The van der Waals surface area contributed by atoms with Crippen molar-refractivity contribution in [3.63, 3.8) is 0 Å². The highest BCUT2D eigenvalue weighted by Crippen LogP contribution is 2.25. The molecule has 0 spiro atoms. The number of benzene rings is 1. The van der Waals surface area contributed by atoms with Gasteiger partial charge in [-0.2, -0.15) is 9.57 Å². The molecule has 98 valence electrons. The van der Waals surface area contributed by atoms with Gasteiger partial charge in [-0.3, -0.25) is 0 Å². The van der Waals surface area contributed by atoms with E-state index in [1.54, 1.807) is 6.92 Å². The molecular formula is C11H14ClN3O2S. The van der Waals surface area contributed by atoms with E-state index >= 15 is 0 Å². The molecule has 0 radical (unpaired) electrons. The zero-order valence-corrected chi connectivity index (χ0v) is 11.7. The fourth-order valence-electron chi connectivity index (χ4n) is 1.32. The largest absolute Gasteiger partial charge is 0.329 e. The quantitative estimate of drug-likeness (QED) is 0.901. The van der Waals surface area contributed by atoms with Crippen molar-refractivity contribution in [2.45, 2.75) is 17.9 Å². The van der Waals surface area contributed by atoms with Crippen LogP contribution in [0.3, 0.4) is 0 Å². The summed E-state index contributed by atoms with van der Waals surface area (Å²) in [5, 5.41) is 8.74. The molecule has 18 heavy (non-hydrogen) atoms. The Labute approximate surface area is 112 Å². The Kier molecular flexibility index (Phi) is 4.71. The molecule has 7 heteroatoms. The first kappa shape index (κ1) is 14.9. The molecule has 1 unspecified atom stereocenters. The lowest BCUT2D eigenvalue weighted by atomic mass is 10.2. The highest BCUT2D eigenvalue weighted by atomic mass is 35.5. The molecule has 1 aromatic rings. The first-order valence-electron chi connectivity index (χ1n) is 5.22. The number of halogens is 1. The summed E-state index contributed by atoms with van der Waals surface area (Å²) >= 11 is 5.90. The van der Waals surface area contributed by atoms with E-state index in [1.807, 2.05) is 6.07 Å². The Hall–Kier alpha value is -1.13. The molecule has 0 amide bonds. The van der Waals surface area contributed by atoms with Crippen LogP contribution in [0.1, 0.15) is 12.5 Å². The van der Waals surface area contributed by atoms with Crippen molar-refractivity contribution in [1.29, 1.82) is 5.26 Å². The minimum absolute atomic E-state index is 0.0223. The first-order valence-corrected chi connectivity index (χ1v) is 7.04.